The molecular weight excluding hydrogens is 563 g/mol. The van der Waals surface area contributed by atoms with Gasteiger partial charge in [0.05, 0.1) is 15.1 Å². The van der Waals surface area contributed by atoms with Crippen LogP contribution in [0.1, 0.15) is 22.3 Å². The van der Waals surface area contributed by atoms with E-state index in [0.717, 1.165) is 28.7 Å². The van der Waals surface area contributed by atoms with Crippen molar-refractivity contribution >= 4 is 66.6 Å². The Hall–Kier alpha value is -2.53. The third-order valence-electron chi connectivity index (χ3n) is 5.86. The Kier molecular flexibility index (Phi) is 10.3. The molecule has 0 saturated carbocycles. The number of anilines is 1. The Morgan fingerprint density at radius 1 is 0.947 bits per heavy atom. The number of nitrogens with zero attached hydrogens (tertiary/aromatic N) is 4. The van der Waals surface area contributed by atoms with E-state index in [1.807, 2.05) is 56.6 Å². The van der Waals surface area contributed by atoms with Gasteiger partial charge in [0.15, 0.2) is 5.13 Å². The molecule has 0 spiro atoms. The predicted molar refractivity (Wildman–Crippen MR) is 158 cm³/mol. The highest BCUT2D eigenvalue weighted by atomic mass is 35.5. The minimum atomic E-state index is -3.72. The molecular formula is C27H30Cl2N4O3S2. The van der Waals surface area contributed by atoms with Gasteiger partial charge < -0.3 is 4.90 Å². The molecule has 38 heavy (non-hydrogen) atoms. The predicted octanol–water partition coefficient (Wildman–Crippen LogP) is 5.79. The maximum absolute atomic E-state index is 13.6. The van der Waals surface area contributed by atoms with Crippen LogP contribution in [0, 0.1) is 0 Å². The van der Waals surface area contributed by atoms with Crippen molar-refractivity contribution in [3.63, 3.8) is 0 Å². The van der Waals surface area contributed by atoms with Gasteiger partial charge in [-0.15, -0.1) is 12.4 Å². The van der Waals surface area contributed by atoms with Gasteiger partial charge in [0.2, 0.25) is 10.0 Å². The molecule has 3 aromatic carbocycles. The summed E-state index contributed by atoms with van der Waals surface area (Å²) in [5, 5.41) is 1.20. The molecule has 7 nitrogen and oxygen atoms in total. The van der Waals surface area contributed by atoms with Gasteiger partial charge in [0.25, 0.3) is 5.91 Å². The molecule has 0 N–H and O–H groups in total. The van der Waals surface area contributed by atoms with E-state index in [0.29, 0.717) is 22.3 Å². The molecule has 0 unspecified atom stereocenters. The fraction of sp³-hybridized carbons (Fsp3) is 0.259. The summed E-state index contributed by atoms with van der Waals surface area (Å²) in [6, 6.07) is 21.0. The molecule has 0 aliphatic heterocycles. The van der Waals surface area contributed by atoms with E-state index in [4.69, 9.17) is 11.6 Å². The van der Waals surface area contributed by atoms with Crippen LogP contribution < -0.4 is 4.90 Å². The smallest absolute Gasteiger partial charge is 0.260 e. The zero-order valence-corrected chi connectivity index (χ0v) is 24.6. The van der Waals surface area contributed by atoms with Crippen LogP contribution in [0.15, 0.2) is 77.7 Å². The van der Waals surface area contributed by atoms with E-state index in [1.54, 1.807) is 30.1 Å². The molecule has 0 aliphatic rings. The average molecular weight is 594 g/mol. The SMILES string of the molecule is CN(C)CCCN(C(=O)c1ccc(S(=O)(=O)N(C)Cc2ccccc2)cc1)c1nc2ccc(Cl)cc2s1.Cl. The molecule has 4 rings (SSSR count). The molecule has 11 heteroatoms. The maximum Gasteiger partial charge on any atom is 0.260 e. The van der Waals surface area contributed by atoms with Gasteiger partial charge in [-0.2, -0.15) is 4.31 Å². The Labute approximate surface area is 239 Å². The molecule has 0 radical (unpaired) electrons. The quantitative estimate of drug-likeness (QED) is 0.233. The van der Waals surface area contributed by atoms with E-state index in [1.165, 1.54) is 27.8 Å². The summed E-state index contributed by atoms with van der Waals surface area (Å²) in [5.41, 5.74) is 2.07. The molecule has 1 aromatic heterocycles. The van der Waals surface area contributed by atoms with E-state index in [2.05, 4.69) is 9.88 Å². The standard InChI is InChI=1S/C27H29ClN4O3S2.ClH/c1-30(2)16-7-17-32(27-29-24-15-12-22(28)18-25(24)36-27)26(33)21-10-13-23(14-11-21)37(34,35)31(3)19-20-8-5-4-6-9-20;/h4-6,8-15,18H,7,16-17,19H2,1-3H3;1H. The monoisotopic (exact) mass is 592 g/mol. The summed E-state index contributed by atoms with van der Waals surface area (Å²) in [5.74, 6) is -0.231. The lowest BCUT2D eigenvalue weighted by Gasteiger charge is -2.21. The summed E-state index contributed by atoms with van der Waals surface area (Å²) >= 11 is 7.55. The van der Waals surface area contributed by atoms with Gasteiger partial charge in [-0.3, -0.25) is 9.69 Å². The normalized spacial score (nSPS) is 11.6. The van der Waals surface area contributed by atoms with Crippen LogP contribution in [0.5, 0.6) is 0 Å². The molecule has 202 valence electrons. The first kappa shape index (κ1) is 30.0. The second kappa shape index (κ2) is 13.0. The lowest BCUT2D eigenvalue weighted by Crippen LogP contribution is -2.33. The summed E-state index contributed by atoms with van der Waals surface area (Å²) < 4.78 is 28.4. The van der Waals surface area contributed by atoms with Gasteiger partial charge in [-0.05, 0) is 75.1 Å². The summed E-state index contributed by atoms with van der Waals surface area (Å²) in [4.78, 5) is 22.1. The first-order chi connectivity index (χ1) is 17.6. The number of halogens is 2. The number of carbonyl (C=O) groups excluding carboxylic acids is 1. The molecule has 0 saturated heterocycles. The summed E-state index contributed by atoms with van der Waals surface area (Å²) in [6.07, 6.45) is 0.756. The van der Waals surface area contributed by atoms with Crippen LogP contribution in [0.2, 0.25) is 5.02 Å². The zero-order valence-electron chi connectivity index (χ0n) is 21.4. The first-order valence-electron chi connectivity index (χ1n) is 11.8. The van der Waals surface area contributed by atoms with Crippen LogP contribution in [0.3, 0.4) is 0 Å². The largest absolute Gasteiger partial charge is 0.309 e. The van der Waals surface area contributed by atoms with Crippen molar-refractivity contribution in [1.82, 2.24) is 14.2 Å². The fourth-order valence-corrected chi connectivity index (χ4v) is 6.29. The van der Waals surface area contributed by atoms with E-state index >= 15 is 0 Å². The Bertz CT molecular complexity index is 1480. The minimum Gasteiger partial charge on any atom is -0.309 e. The van der Waals surface area contributed by atoms with Crippen molar-refractivity contribution in [3.05, 3.63) is 88.9 Å². The van der Waals surface area contributed by atoms with Crippen LogP contribution in [0.4, 0.5) is 5.13 Å². The Morgan fingerprint density at radius 2 is 1.63 bits per heavy atom. The Balaban J connectivity index is 0.00000400. The lowest BCUT2D eigenvalue weighted by molar-refractivity contribution is 0.0986. The fourth-order valence-electron chi connectivity index (χ4n) is 3.86. The van der Waals surface area contributed by atoms with Crippen LogP contribution in [-0.2, 0) is 16.6 Å². The number of hydrogen-bond donors (Lipinski definition) is 0. The average Bonchev–Trinajstić information content (AvgIpc) is 3.29. The van der Waals surface area contributed by atoms with E-state index in [-0.39, 0.29) is 29.8 Å². The van der Waals surface area contributed by atoms with Gasteiger partial charge in [-0.1, -0.05) is 53.3 Å². The number of hydrogen-bond acceptors (Lipinski definition) is 6. The van der Waals surface area contributed by atoms with Crippen molar-refractivity contribution in [3.8, 4) is 0 Å². The van der Waals surface area contributed by atoms with Gasteiger partial charge >= 0.3 is 0 Å². The highest BCUT2D eigenvalue weighted by Gasteiger charge is 2.24. The third kappa shape index (κ3) is 7.11. The molecule has 0 aliphatic carbocycles. The minimum absolute atomic E-state index is 0. The second-order valence-corrected chi connectivity index (χ2v) is 12.5. The summed E-state index contributed by atoms with van der Waals surface area (Å²) in [7, 11) is 1.80. The highest BCUT2D eigenvalue weighted by Crippen LogP contribution is 2.32. The number of benzene rings is 3. The topological polar surface area (TPSA) is 73.8 Å². The third-order valence-corrected chi connectivity index (χ3v) is 8.95. The summed E-state index contributed by atoms with van der Waals surface area (Å²) in [6.45, 7) is 1.54. The van der Waals surface area contributed by atoms with Gasteiger partial charge in [-0.25, -0.2) is 13.4 Å². The number of amides is 1. The van der Waals surface area contributed by atoms with Gasteiger partial charge in [0.1, 0.15) is 0 Å². The molecule has 4 aromatic rings. The van der Waals surface area contributed by atoms with Crippen molar-refractivity contribution in [2.75, 3.05) is 39.1 Å². The zero-order chi connectivity index (χ0) is 26.6. The van der Waals surface area contributed by atoms with Gasteiger partial charge in [0, 0.05) is 30.7 Å². The number of sulfonamides is 1. The number of thiazole rings is 1. The number of aromatic nitrogens is 1. The van der Waals surface area contributed by atoms with E-state index < -0.39 is 10.0 Å². The van der Waals surface area contributed by atoms with E-state index in [9.17, 15) is 13.2 Å². The van der Waals surface area contributed by atoms with Crippen LogP contribution in [-0.4, -0.2) is 62.7 Å². The molecule has 1 heterocycles. The second-order valence-electron chi connectivity index (χ2n) is 8.99. The number of carbonyl (C=O) groups is 1. The first-order valence-corrected chi connectivity index (χ1v) is 14.4. The number of fused-ring (bicyclic) bond motifs is 1. The highest BCUT2D eigenvalue weighted by molar-refractivity contribution is 7.89. The van der Waals surface area contributed by atoms with Crippen LogP contribution in [0.25, 0.3) is 10.2 Å². The molecule has 0 atom stereocenters. The van der Waals surface area contributed by atoms with Crippen molar-refractivity contribution < 1.29 is 13.2 Å². The van der Waals surface area contributed by atoms with Crippen molar-refractivity contribution in [2.24, 2.45) is 0 Å². The lowest BCUT2D eigenvalue weighted by atomic mass is 10.2. The van der Waals surface area contributed by atoms with Crippen molar-refractivity contribution in [1.29, 1.82) is 0 Å². The molecule has 0 bridgehead atoms. The van der Waals surface area contributed by atoms with Crippen molar-refractivity contribution in [2.45, 2.75) is 17.9 Å². The number of rotatable bonds is 10. The molecule has 1 amide bonds. The molecule has 0 fully saturated rings. The maximum atomic E-state index is 13.6. The Morgan fingerprint density at radius 3 is 2.29 bits per heavy atom. The van der Waals surface area contributed by atoms with Crippen LogP contribution >= 0.6 is 35.3 Å².